The van der Waals surface area contributed by atoms with Crippen LogP contribution in [-0.2, 0) is 16.0 Å². The van der Waals surface area contributed by atoms with Gasteiger partial charge in [0.2, 0.25) is 5.91 Å². The second kappa shape index (κ2) is 8.52. The molecule has 2 heterocycles. The smallest absolute Gasteiger partial charge is 0.275 e. The number of carbonyl (C=O) groups is 2. The highest BCUT2D eigenvalue weighted by Gasteiger charge is 2.30. The molecule has 0 spiro atoms. The fraction of sp³-hybridized carbons (Fsp3) is 0.636. The quantitative estimate of drug-likeness (QED) is 0.790. The number of amides is 2. The minimum Gasteiger partial charge on any atom is -0.359 e. The largest absolute Gasteiger partial charge is 0.359 e. The van der Waals surface area contributed by atoms with Gasteiger partial charge < -0.3 is 20.0 Å². The van der Waals surface area contributed by atoms with Crippen molar-refractivity contribution in [3.63, 3.8) is 0 Å². The van der Waals surface area contributed by atoms with Gasteiger partial charge in [0.1, 0.15) is 0 Å². The molecule has 6 nitrogen and oxygen atoms in total. The molecule has 3 rings (SSSR count). The molecule has 1 fully saturated rings. The standard InChI is InChI=1S/C22H34N4O2/c1-17-9-10-18-7-5-6-8-19(18)26(17)16-21(28)25-13-11-24(12-14-25)15-20(27)23-22(2,3)4/h5-8,17H,9-16H2,1-4H3,(H,23,27)/p+1/t17-/m0/s1. The lowest BCUT2D eigenvalue weighted by atomic mass is 9.96. The van der Waals surface area contributed by atoms with Crippen molar-refractivity contribution in [2.24, 2.45) is 0 Å². The zero-order chi connectivity index (χ0) is 20.3. The number of hydrogen-bond donors (Lipinski definition) is 2. The summed E-state index contributed by atoms with van der Waals surface area (Å²) in [4.78, 5) is 30.6. The van der Waals surface area contributed by atoms with Crippen LogP contribution in [-0.4, -0.2) is 67.6 Å². The second-order valence-electron chi connectivity index (χ2n) is 9.25. The van der Waals surface area contributed by atoms with E-state index in [9.17, 15) is 9.59 Å². The molecule has 1 saturated heterocycles. The van der Waals surface area contributed by atoms with Crippen molar-refractivity contribution in [1.82, 2.24) is 10.2 Å². The van der Waals surface area contributed by atoms with Crippen LogP contribution in [0.25, 0.3) is 0 Å². The van der Waals surface area contributed by atoms with E-state index in [1.807, 2.05) is 25.7 Å². The summed E-state index contributed by atoms with van der Waals surface area (Å²) in [6.07, 6.45) is 2.17. The molecule has 2 aliphatic heterocycles. The van der Waals surface area contributed by atoms with E-state index in [2.05, 4.69) is 41.4 Å². The van der Waals surface area contributed by atoms with Gasteiger partial charge in [0.25, 0.3) is 5.91 Å². The Balaban J connectivity index is 1.51. The van der Waals surface area contributed by atoms with Crippen molar-refractivity contribution >= 4 is 17.5 Å². The highest BCUT2D eigenvalue weighted by molar-refractivity contribution is 5.82. The van der Waals surface area contributed by atoms with Gasteiger partial charge in [-0.1, -0.05) is 18.2 Å². The number of carbonyl (C=O) groups excluding carboxylic acids is 2. The molecule has 0 aromatic heterocycles. The predicted molar refractivity (Wildman–Crippen MR) is 112 cm³/mol. The Bertz CT molecular complexity index is 705. The maximum absolute atomic E-state index is 12.9. The summed E-state index contributed by atoms with van der Waals surface area (Å²) in [7, 11) is 0. The topological polar surface area (TPSA) is 57.1 Å². The second-order valence-corrected chi connectivity index (χ2v) is 9.25. The first kappa shape index (κ1) is 20.6. The van der Waals surface area contributed by atoms with Crippen molar-refractivity contribution in [2.45, 2.75) is 52.1 Å². The number of nitrogens with one attached hydrogen (secondary N) is 2. The lowest BCUT2D eigenvalue weighted by Crippen LogP contribution is -3.16. The molecule has 2 amide bonds. The molecular formula is C22H35N4O2+. The summed E-state index contributed by atoms with van der Waals surface area (Å²) < 4.78 is 0. The van der Waals surface area contributed by atoms with Crippen LogP contribution < -0.4 is 15.1 Å². The summed E-state index contributed by atoms with van der Waals surface area (Å²) in [5.41, 5.74) is 2.35. The molecule has 1 atom stereocenters. The van der Waals surface area contributed by atoms with Crippen LogP contribution in [0.3, 0.4) is 0 Å². The Labute approximate surface area is 168 Å². The number of rotatable bonds is 4. The molecule has 0 saturated carbocycles. The molecule has 28 heavy (non-hydrogen) atoms. The maximum Gasteiger partial charge on any atom is 0.275 e. The maximum atomic E-state index is 12.9. The molecular weight excluding hydrogens is 352 g/mol. The van der Waals surface area contributed by atoms with Gasteiger partial charge in [0, 0.05) is 17.3 Å². The van der Waals surface area contributed by atoms with Crippen molar-refractivity contribution in [3.05, 3.63) is 29.8 Å². The number of piperazine rings is 1. The zero-order valence-corrected chi connectivity index (χ0v) is 17.8. The van der Waals surface area contributed by atoms with Crippen LogP contribution in [0.1, 0.15) is 39.7 Å². The van der Waals surface area contributed by atoms with Gasteiger partial charge in [0.15, 0.2) is 6.54 Å². The summed E-state index contributed by atoms with van der Waals surface area (Å²) in [6, 6.07) is 8.82. The van der Waals surface area contributed by atoms with Gasteiger partial charge in [-0.2, -0.15) is 0 Å². The third-order valence-electron chi connectivity index (χ3n) is 5.72. The molecule has 2 aliphatic rings. The van der Waals surface area contributed by atoms with Gasteiger partial charge in [-0.05, 0) is 52.2 Å². The van der Waals surface area contributed by atoms with E-state index in [1.54, 1.807) is 0 Å². The Kier molecular flexibility index (Phi) is 6.28. The number of benzene rings is 1. The van der Waals surface area contributed by atoms with Crippen LogP contribution >= 0.6 is 0 Å². The molecule has 0 aliphatic carbocycles. The number of fused-ring (bicyclic) bond motifs is 1. The molecule has 1 aromatic carbocycles. The third-order valence-corrected chi connectivity index (χ3v) is 5.72. The van der Waals surface area contributed by atoms with E-state index in [-0.39, 0.29) is 17.4 Å². The monoisotopic (exact) mass is 387 g/mol. The number of anilines is 1. The Morgan fingerprint density at radius 3 is 2.54 bits per heavy atom. The third kappa shape index (κ3) is 5.25. The van der Waals surface area contributed by atoms with Crippen LogP contribution in [0.2, 0.25) is 0 Å². The van der Waals surface area contributed by atoms with Gasteiger partial charge in [-0.3, -0.25) is 9.59 Å². The van der Waals surface area contributed by atoms with Crippen LogP contribution in [0, 0.1) is 0 Å². The minimum atomic E-state index is -0.199. The van der Waals surface area contributed by atoms with E-state index < -0.39 is 0 Å². The number of hydrogen-bond acceptors (Lipinski definition) is 3. The van der Waals surface area contributed by atoms with Crippen LogP contribution in [0.15, 0.2) is 24.3 Å². The molecule has 6 heteroatoms. The first-order valence-electron chi connectivity index (χ1n) is 10.5. The molecule has 154 valence electrons. The van der Waals surface area contributed by atoms with E-state index >= 15 is 0 Å². The number of quaternary nitrogens is 1. The van der Waals surface area contributed by atoms with E-state index in [0.29, 0.717) is 19.1 Å². The fourth-order valence-electron chi connectivity index (χ4n) is 4.19. The molecule has 1 aromatic rings. The summed E-state index contributed by atoms with van der Waals surface area (Å²) >= 11 is 0. The number of aryl methyl sites for hydroxylation is 1. The Morgan fingerprint density at radius 2 is 1.86 bits per heavy atom. The van der Waals surface area contributed by atoms with Gasteiger partial charge in [-0.15, -0.1) is 0 Å². The lowest BCUT2D eigenvalue weighted by molar-refractivity contribution is -0.896. The molecule has 0 unspecified atom stereocenters. The van der Waals surface area contributed by atoms with Crippen molar-refractivity contribution in [3.8, 4) is 0 Å². The number of para-hydroxylation sites is 1. The highest BCUT2D eigenvalue weighted by Crippen LogP contribution is 2.30. The molecule has 2 N–H and O–H groups in total. The first-order valence-corrected chi connectivity index (χ1v) is 10.5. The van der Waals surface area contributed by atoms with Crippen LogP contribution in [0.4, 0.5) is 5.69 Å². The number of nitrogens with zero attached hydrogens (tertiary/aromatic N) is 2. The van der Waals surface area contributed by atoms with Crippen molar-refractivity contribution in [2.75, 3.05) is 44.2 Å². The van der Waals surface area contributed by atoms with Crippen molar-refractivity contribution in [1.29, 1.82) is 0 Å². The average molecular weight is 388 g/mol. The lowest BCUT2D eigenvalue weighted by Gasteiger charge is -2.39. The predicted octanol–water partition coefficient (Wildman–Crippen LogP) is 0.470. The average Bonchev–Trinajstić information content (AvgIpc) is 2.63. The van der Waals surface area contributed by atoms with Crippen LogP contribution in [0.5, 0.6) is 0 Å². The normalized spacial score (nSPS) is 20.6. The SMILES string of the molecule is C[C@H]1CCc2ccccc2N1CC(=O)N1CC[NH+](CC(=O)NC(C)(C)C)CC1. The van der Waals surface area contributed by atoms with Gasteiger partial charge in [0.05, 0.1) is 32.7 Å². The molecule has 0 bridgehead atoms. The van der Waals surface area contributed by atoms with Gasteiger partial charge >= 0.3 is 0 Å². The van der Waals surface area contributed by atoms with Crippen molar-refractivity contribution < 1.29 is 14.5 Å². The molecule has 0 radical (unpaired) electrons. The Hall–Kier alpha value is -2.08. The fourth-order valence-corrected chi connectivity index (χ4v) is 4.19. The highest BCUT2D eigenvalue weighted by atomic mass is 16.2. The minimum absolute atomic E-state index is 0.0843. The first-order chi connectivity index (χ1) is 13.2. The van der Waals surface area contributed by atoms with Gasteiger partial charge in [-0.25, -0.2) is 0 Å². The zero-order valence-electron chi connectivity index (χ0n) is 17.8. The summed E-state index contributed by atoms with van der Waals surface area (Å²) in [5.74, 6) is 0.280. The summed E-state index contributed by atoms with van der Waals surface area (Å²) in [5, 5.41) is 3.02. The van der Waals surface area contributed by atoms with E-state index in [1.165, 1.54) is 16.2 Å². The van der Waals surface area contributed by atoms with E-state index in [4.69, 9.17) is 0 Å². The summed E-state index contributed by atoms with van der Waals surface area (Å²) in [6.45, 7) is 12.2. The Morgan fingerprint density at radius 1 is 1.18 bits per heavy atom. The van der Waals surface area contributed by atoms with E-state index in [0.717, 1.165) is 39.0 Å².